The van der Waals surface area contributed by atoms with Gasteiger partial charge in [-0.15, -0.1) is 0 Å². The maximum absolute atomic E-state index is 11.9. The number of alkyl halides is 2. The monoisotopic (exact) mass is 287 g/mol. The molecule has 0 saturated heterocycles. The fraction of sp³-hybridized carbons (Fsp3) is 0.571. The Kier molecular flexibility index (Phi) is 5.55. The van der Waals surface area contributed by atoms with Crippen LogP contribution in [0.15, 0.2) is 18.2 Å². The van der Waals surface area contributed by atoms with E-state index in [0.717, 1.165) is 17.1 Å². The molecule has 20 heavy (non-hydrogen) atoms. The number of ether oxygens (including phenoxy) is 3. The first-order chi connectivity index (χ1) is 9.66. The molecule has 112 valence electrons. The van der Waals surface area contributed by atoms with Crippen LogP contribution in [-0.4, -0.2) is 39.4 Å². The van der Waals surface area contributed by atoms with Crippen molar-refractivity contribution in [3.05, 3.63) is 23.8 Å². The van der Waals surface area contributed by atoms with Crippen LogP contribution >= 0.6 is 0 Å². The zero-order valence-corrected chi connectivity index (χ0v) is 11.4. The van der Waals surface area contributed by atoms with Crippen LogP contribution in [0.25, 0.3) is 0 Å². The third-order valence-electron chi connectivity index (χ3n) is 3.01. The first kappa shape index (κ1) is 15.0. The topological polar surface area (TPSA) is 39.7 Å². The first-order valence-electron chi connectivity index (χ1n) is 6.65. The van der Waals surface area contributed by atoms with E-state index in [1.807, 2.05) is 25.1 Å². The van der Waals surface area contributed by atoms with Crippen LogP contribution in [0.4, 0.5) is 8.78 Å². The summed E-state index contributed by atoms with van der Waals surface area (Å²) < 4.78 is 39.5. The van der Waals surface area contributed by atoms with Crippen LogP contribution in [0, 0.1) is 0 Å². The second-order valence-electron chi connectivity index (χ2n) is 4.54. The fourth-order valence-electron chi connectivity index (χ4n) is 1.97. The van der Waals surface area contributed by atoms with E-state index in [4.69, 9.17) is 14.2 Å². The van der Waals surface area contributed by atoms with Gasteiger partial charge in [0.15, 0.2) is 11.5 Å². The van der Waals surface area contributed by atoms with Gasteiger partial charge in [-0.3, -0.25) is 0 Å². The van der Waals surface area contributed by atoms with Crippen LogP contribution in [0.2, 0.25) is 0 Å². The standard InChI is InChI=1S/C14H19F2NO3/c1-10(17-4-5-18-9-14(15)16)11-2-3-12-13(8-11)20-7-6-19-12/h2-3,8,10,14,17H,4-7,9H2,1H3. The molecule has 0 radical (unpaired) electrons. The molecule has 0 bridgehead atoms. The average Bonchev–Trinajstić information content (AvgIpc) is 2.46. The Hall–Kier alpha value is -1.40. The molecule has 1 aromatic carbocycles. The van der Waals surface area contributed by atoms with Crippen molar-refractivity contribution in [2.24, 2.45) is 0 Å². The molecule has 1 N–H and O–H groups in total. The van der Waals surface area contributed by atoms with Gasteiger partial charge in [0.05, 0.1) is 6.61 Å². The third kappa shape index (κ3) is 4.31. The Morgan fingerprint density at radius 2 is 2.00 bits per heavy atom. The predicted molar refractivity (Wildman–Crippen MR) is 70.7 cm³/mol. The summed E-state index contributed by atoms with van der Waals surface area (Å²) in [6.07, 6.45) is -2.41. The summed E-state index contributed by atoms with van der Waals surface area (Å²) in [4.78, 5) is 0. The van der Waals surface area contributed by atoms with Crippen molar-refractivity contribution < 1.29 is 23.0 Å². The highest BCUT2D eigenvalue weighted by molar-refractivity contribution is 5.44. The molecular formula is C14H19F2NO3. The highest BCUT2D eigenvalue weighted by Gasteiger charge is 2.14. The molecule has 4 nitrogen and oxygen atoms in total. The van der Waals surface area contributed by atoms with Crippen LogP contribution in [0.1, 0.15) is 18.5 Å². The number of benzene rings is 1. The van der Waals surface area contributed by atoms with E-state index in [2.05, 4.69) is 5.32 Å². The number of hydrogen-bond donors (Lipinski definition) is 1. The van der Waals surface area contributed by atoms with Crippen LogP contribution in [0.5, 0.6) is 11.5 Å². The van der Waals surface area contributed by atoms with Gasteiger partial charge in [0.25, 0.3) is 6.43 Å². The zero-order valence-electron chi connectivity index (χ0n) is 11.4. The van der Waals surface area contributed by atoms with Crippen molar-refractivity contribution in [3.63, 3.8) is 0 Å². The minimum atomic E-state index is -2.41. The van der Waals surface area contributed by atoms with Crippen LogP contribution in [-0.2, 0) is 4.74 Å². The Balaban J connectivity index is 1.79. The lowest BCUT2D eigenvalue weighted by Gasteiger charge is -2.21. The smallest absolute Gasteiger partial charge is 0.261 e. The van der Waals surface area contributed by atoms with Gasteiger partial charge in [-0.05, 0) is 24.6 Å². The number of fused-ring (bicyclic) bond motifs is 1. The molecule has 2 rings (SSSR count). The quantitative estimate of drug-likeness (QED) is 0.782. The first-order valence-corrected chi connectivity index (χ1v) is 6.65. The van der Waals surface area contributed by atoms with Crippen molar-refractivity contribution in [1.29, 1.82) is 0 Å². The van der Waals surface area contributed by atoms with E-state index in [-0.39, 0.29) is 12.6 Å². The van der Waals surface area contributed by atoms with Crippen molar-refractivity contribution in [2.45, 2.75) is 19.4 Å². The lowest BCUT2D eigenvalue weighted by molar-refractivity contribution is 0.0183. The molecule has 0 amide bonds. The largest absolute Gasteiger partial charge is 0.486 e. The normalized spacial score (nSPS) is 15.4. The van der Waals surface area contributed by atoms with E-state index >= 15 is 0 Å². The molecule has 1 aromatic rings. The second kappa shape index (κ2) is 7.40. The average molecular weight is 287 g/mol. The summed E-state index contributed by atoms with van der Waals surface area (Å²) in [5, 5.41) is 3.21. The number of hydrogen-bond acceptors (Lipinski definition) is 4. The summed E-state index contributed by atoms with van der Waals surface area (Å²) in [6.45, 7) is 3.39. The molecule has 0 aliphatic carbocycles. The lowest BCUT2D eigenvalue weighted by Crippen LogP contribution is -2.24. The van der Waals surface area contributed by atoms with Crippen molar-refractivity contribution >= 4 is 0 Å². The summed E-state index contributed by atoms with van der Waals surface area (Å²) in [5.74, 6) is 1.50. The zero-order chi connectivity index (χ0) is 14.4. The van der Waals surface area contributed by atoms with Gasteiger partial charge in [0, 0.05) is 12.6 Å². The minimum absolute atomic E-state index is 0.0842. The number of rotatable bonds is 7. The van der Waals surface area contributed by atoms with E-state index in [9.17, 15) is 8.78 Å². The molecule has 0 saturated carbocycles. The molecule has 6 heteroatoms. The summed E-state index contributed by atoms with van der Waals surface area (Å²) in [7, 11) is 0. The van der Waals surface area contributed by atoms with Gasteiger partial charge in [0.1, 0.15) is 19.8 Å². The summed E-state index contributed by atoms with van der Waals surface area (Å²) in [6, 6.07) is 5.87. The molecule has 1 aliphatic heterocycles. The number of nitrogens with one attached hydrogen (secondary N) is 1. The van der Waals surface area contributed by atoms with Crippen molar-refractivity contribution in [3.8, 4) is 11.5 Å². The Morgan fingerprint density at radius 3 is 2.75 bits per heavy atom. The summed E-state index contributed by atoms with van der Waals surface area (Å²) >= 11 is 0. The van der Waals surface area contributed by atoms with Crippen LogP contribution < -0.4 is 14.8 Å². The van der Waals surface area contributed by atoms with E-state index in [1.54, 1.807) is 0 Å². The van der Waals surface area contributed by atoms with Gasteiger partial charge >= 0.3 is 0 Å². The fourth-order valence-corrected chi connectivity index (χ4v) is 1.97. The van der Waals surface area contributed by atoms with Crippen LogP contribution in [0.3, 0.4) is 0 Å². The van der Waals surface area contributed by atoms with Crippen molar-refractivity contribution in [2.75, 3.05) is 33.0 Å². The number of halogens is 2. The highest BCUT2D eigenvalue weighted by atomic mass is 19.3. The summed E-state index contributed by atoms with van der Waals surface area (Å²) in [5.41, 5.74) is 1.06. The molecular weight excluding hydrogens is 268 g/mol. The molecule has 1 unspecified atom stereocenters. The molecule has 0 aromatic heterocycles. The Bertz CT molecular complexity index is 429. The molecule has 1 aliphatic rings. The van der Waals surface area contributed by atoms with E-state index < -0.39 is 13.0 Å². The van der Waals surface area contributed by atoms with Gasteiger partial charge in [-0.2, -0.15) is 0 Å². The van der Waals surface area contributed by atoms with E-state index in [0.29, 0.717) is 19.8 Å². The molecule has 1 atom stereocenters. The predicted octanol–water partition coefficient (Wildman–Crippen LogP) is 2.39. The van der Waals surface area contributed by atoms with Gasteiger partial charge < -0.3 is 19.5 Å². The lowest BCUT2D eigenvalue weighted by atomic mass is 10.1. The molecule has 0 spiro atoms. The van der Waals surface area contributed by atoms with E-state index in [1.165, 1.54) is 0 Å². The molecule has 0 fully saturated rings. The maximum atomic E-state index is 11.9. The highest BCUT2D eigenvalue weighted by Crippen LogP contribution is 2.32. The SMILES string of the molecule is CC(NCCOCC(F)F)c1ccc2c(c1)OCCO2. The Morgan fingerprint density at radius 1 is 1.25 bits per heavy atom. The second-order valence-corrected chi connectivity index (χ2v) is 4.54. The Labute approximate surface area is 117 Å². The minimum Gasteiger partial charge on any atom is -0.486 e. The molecule has 1 heterocycles. The maximum Gasteiger partial charge on any atom is 0.261 e. The van der Waals surface area contributed by atoms with Crippen molar-refractivity contribution in [1.82, 2.24) is 5.32 Å². The van der Waals surface area contributed by atoms with Gasteiger partial charge in [0.2, 0.25) is 0 Å². The van der Waals surface area contributed by atoms with Gasteiger partial charge in [-0.1, -0.05) is 6.07 Å². The third-order valence-corrected chi connectivity index (χ3v) is 3.01. The van der Waals surface area contributed by atoms with Gasteiger partial charge in [-0.25, -0.2) is 8.78 Å².